The zero-order chi connectivity index (χ0) is 14.9. The van der Waals surface area contributed by atoms with Gasteiger partial charge in [-0.25, -0.2) is 9.97 Å². The van der Waals surface area contributed by atoms with Gasteiger partial charge in [0, 0.05) is 18.1 Å². The van der Waals surface area contributed by atoms with Gasteiger partial charge in [-0.3, -0.25) is 4.79 Å². The average Bonchev–Trinajstić information content (AvgIpc) is 2.76. The summed E-state index contributed by atoms with van der Waals surface area (Å²) in [6.07, 6.45) is 1.50. The lowest BCUT2D eigenvalue weighted by molar-refractivity contribution is 0.0744. The van der Waals surface area contributed by atoms with Crippen molar-refractivity contribution in [2.75, 3.05) is 7.05 Å². The number of carbonyl (C=O) groups is 1. The molecule has 0 radical (unpaired) electrons. The summed E-state index contributed by atoms with van der Waals surface area (Å²) >= 11 is 7.36. The normalized spacial score (nSPS) is 12.2. The van der Waals surface area contributed by atoms with Gasteiger partial charge in [0.05, 0.1) is 22.3 Å². The molecule has 0 fully saturated rings. The van der Waals surface area contributed by atoms with Gasteiger partial charge < -0.3 is 4.90 Å². The van der Waals surface area contributed by atoms with Crippen LogP contribution in [0, 0.1) is 13.8 Å². The summed E-state index contributed by atoms with van der Waals surface area (Å²) in [5, 5.41) is 1.39. The van der Waals surface area contributed by atoms with Crippen molar-refractivity contribution in [1.82, 2.24) is 14.9 Å². The Labute approximate surface area is 127 Å². The average molecular weight is 310 g/mol. The molecule has 1 amide bonds. The largest absolute Gasteiger partial charge is 0.334 e. The highest BCUT2D eigenvalue weighted by Gasteiger charge is 2.22. The fraction of sp³-hybridized carbons (Fsp3) is 0.357. The number of hydrogen-bond acceptors (Lipinski definition) is 4. The molecule has 0 aliphatic heterocycles. The Morgan fingerprint density at radius 1 is 1.40 bits per heavy atom. The lowest BCUT2D eigenvalue weighted by atomic mass is 10.2. The summed E-state index contributed by atoms with van der Waals surface area (Å²) in [5.41, 5.74) is 1.51. The van der Waals surface area contributed by atoms with E-state index < -0.39 is 0 Å². The Balaban J connectivity index is 2.22. The van der Waals surface area contributed by atoms with Crippen LogP contribution in [0.2, 0.25) is 5.15 Å². The van der Waals surface area contributed by atoms with Crippen LogP contribution in [0.25, 0.3) is 0 Å². The SMILES string of the molecule is Cc1nc(C)c([C@@H](C)N(C)C(=O)c2ccc(Cl)nc2)s1. The molecular formula is C14H16ClN3OS. The number of halogens is 1. The minimum absolute atomic E-state index is 0.0237. The Kier molecular flexibility index (Phi) is 4.40. The third-order valence-electron chi connectivity index (χ3n) is 3.19. The number of aromatic nitrogens is 2. The molecule has 0 bridgehead atoms. The summed E-state index contributed by atoms with van der Waals surface area (Å²) in [6.45, 7) is 5.94. The third-order valence-corrected chi connectivity index (χ3v) is 4.66. The molecule has 0 saturated heterocycles. The van der Waals surface area contributed by atoms with E-state index in [0.717, 1.165) is 15.6 Å². The van der Waals surface area contributed by atoms with Gasteiger partial charge in [-0.05, 0) is 32.9 Å². The van der Waals surface area contributed by atoms with Gasteiger partial charge in [0.25, 0.3) is 5.91 Å². The Bertz CT molecular complexity index is 624. The second kappa shape index (κ2) is 5.89. The zero-order valence-electron chi connectivity index (χ0n) is 11.8. The maximum Gasteiger partial charge on any atom is 0.255 e. The van der Waals surface area contributed by atoms with E-state index >= 15 is 0 Å². The van der Waals surface area contributed by atoms with E-state index in [1.807, 2.05) is 20.8 Å². The van der Waals surface area contributed by atoms with Crippen LogP contribution in [0.15, 0.2) is 18.3 Å². The van der Waals surface area contributed by atoms with Gasteiger partial charge in [0.1, 0.15) is 5.15 Å². The van der Waals surface area contributed by atoms with Gasteiger partial charge in [-0.1, -0.05) is 11.6 Å². The van der Waals surface area contributed by atoms with Gasteiger partial charge in [-0.15, -0.1) is 11.3 Å². The predicted octanol–water partition coefficient (Wildman–Crippen LogP) is 3.64. The van der Waals surface area contributed by atoms with Crippen molar-refractivity contribution in [3.63, 3.8) is 0 Å². The first-order valence-corrected chi connectivity index (χ1v) is 7.42. The molecule has 0 N–H and O–H groups in total. The van der Waals surface area contributed by atoms with Crippen LogP contribution < -0.4 is 0 Å². The number of nitrogens with zero attached hydrogens (tertiary/aromatic N) is 3. The molecular weight excluding hydrogens is 294 g/mol. The molecule has 6 heteroatoms. The monoisotopic (exact) mass is 309 g/mol. The highest BCUT2D eigenvalue weighted by molar-refractivity contribution is 7.11. The molecule has 4 nitrogen and oxygen atoms in total. The van der Waals surface area contributed by atoms with Crippen molar-refractivity contribution in [3.8, 4) is 0 Å². The second-order valence-electron chi connectivity index (χ2n) is 4.64. The summed E-state index contributed by atoms with van der Waals surface area (Å²) in [5.74, 6) is -0.0767. The highest BCUT2D eigenvalue weighted by atomic mass is 35.5. The molecule has 0 aliphatic rings. The zero-order valence-corrected chi connectivity index (χ0v) is 13.4. The first kappa shape index (κ1) is 14.9. The van der Waals surface area contributed by atoms with Crippen LogP contribution in [0.4, 0.5) is 0 Å². The molecule has 0 spiro atoms. The van der Waals surface area contributed by atoms with E-state index in [0.29, 0.717) is 10.7 Å². The molecule has 106 valence electrons. The minimum Gasteiger partial charge on any atom is -0.334 e. The summed E-state index contributed by atoms with van der Waals surface area (Å²) in [6, 6.07) is 3.28. The number of carbonyl (C=O) groups excluding carboxylic acids is 1. The van der Waals surface area contributed by atoms with Gasteiger partial charge in [0.15, 0.2) is 0 Å². The van der Waals surface area contributed by atoms with Crippen molar-refractivity contribution in [3.05, 3.63) is 44.6 Å². The molecule has 0 saturated carbocycles. The maximum absolute atomic E-state index is 12.4. The molecule has 2 aromatic rings. The van der Waals surface area contributed by atoms with Gasteiger partial charge >= 0.3 is 0 Å². The van der Waals surface area contributed by atoms with Crippen LogP contribution in [0.5, 0.6) is 0 Å². The fourth-order valence-corrected chi connectivity index (χ4v) is 3.13. The molecule has 20 heavy (non-hydrogen) atoms. The van der Waals surface area contributed by atoms with E-state index in [2.05, 4.69) is 9.97 Å². The Hall–Kier alpha value is -1.46. The minimum atomic E-state index is -0.0767. The first-order chi connectivity index (χ1) is 9.40. The van der Waals surface area contributed by atoms with Crippen LogP contribution in [-0.2, 0) is 0 Å². The standard InChI is InChI=1S/C14H16ClN3OS/c1-8-13(20-10(3)17-8)9(2)18(4)14(19)11-5-6-12(15)16-7-11/h5-7,9H,1-4H3/t9-/m1/s1. The van der Waals surface area contributed by atoms with Crippen molar-refractivity contribution in [2.45, 2.75) is 26.8 Å². The smallest absolute Gasteiger partial charge is 0.255 e. The van der Waals surface area contributed by atoms with E-state index in [4.69, 9.17) is 11.6 Å². The van der Waals surface area contributed by atoms with E-state index in [-0.39, 0.29) is 11.9 Å². The topological polar surface area (TPSA) is 46.1 Å². The third kappa shape index (κ3) is 2.99. The summed E-state index contributed by atoms with van der Waals surface area (Å²) in [7, 11) is 1.79. The van der Waals surface area contributed by atoms with Gasteiger partial charge in [-0.2, -0.15) is 0 Å². The van der Waals surface area contributed by atoms with Crippen molar-refractivity contribution in [1.29, 1.82) is 0 Å². The Morgan fingerprint density at radius 3 is 2.60 bits per heavy atom. The Morgan fingerprint density at radius 2 is 2.10 bits per heavy atom. The number of rotatable bonds is 3. The highest BCUT2D eigenvalue weighted by Crippen LogP contribution is 2.29. The number of hydrogen-bond donors (Lipinski definition) is 0. The van der Waals surface area contributed by atoms with Gasteiger partial charge in [0.2, 0.25) is 0 Å². The number of pyridine rings is 1. The molecule has 2 rings (SSSR count). The molecule has 0 aromatic carbocycles. The van der Waals surface area contributed by atoms with Crippen molar-refractivity contribution >= 4 is 28.8 Å². The van der Waals surface area contributed by atoms with Crippen molar-refractivity contribution in [2.24, 2.45) is 0 Å². The first-order valence-electron chi connectivity index (χ1n) is 6.22. The fourth-order valence-electron chi connectivity index (χ4n) is 1.99. The molecule has 0 unspecified atom stereocenters. The van der Waals surface area contributed by atoms with Crippen molar-refractivity contribution < 1.29 is 4.79 Å². The second-order valence-corrected chi connectivity index (χ2v) is 6.27. The number of amides is 1. The van der Waals surface area contributed by atoms with E-state index in [1.54, 1.807) is 35.4 Å². The van der Waals surface area contributed by atoms with E-state index in [1.165, 1.54) is 6.20 Å². The maximum atomic E-state index is 12.4. The molecule has 2 heterocycles. The lowest BCUT2D eigenvalue weighted by Gasteiger charge is -2.24. The molecule has 1 atom stereocenters. The molecule has 0 aliphatic carbocycles. The lowest BCUT2D eigenvalue weighted by Crippen LogP contribution is -2.29. The number of aryl methyl sites for hydroxylation is 2. The van der Waals surface area contributed by atoms with E-state index in [9.17, 15) is 4.79 Å². The quantitative estimate of drug-likeness (QED) is 0.813. The van der Waals surface area contributed by atoms with Crippen LogP contribution in [0.1, 0.15) is 38.9 Å². The number of thiazole rings is 1. The van der Waals surface area contributed by atoms with Crippen LogP contribution in [0.3, 0.4) is 0 Å². The van der Waals surface area contributed by atoms with Crippen LogP contribution >= 0.6 is 22.9 Å². The van der Waals surface area contributed by atoms with Crippen LogP contribution in [-0.4, -0.2) is 27.8 Å². The summed E-state index contributed by atoms with van der Waals surface area (Å²) in [4.78, 5) is 23.6. The summed E-state index contributed by atoms with van der Waals surface area (Å²) < 4.78 is 0. The molecule has 2 aromatic heterocycles. The predicted molar refractivity (Wildman–Crippen MR) is 81.3 cm³/mol.